The molecular formula is C10H20N2O2. The fourth-order valence-electron chi connectivity index (χ4n) is 1.13. The Morgan fingerprint density at radius 1 is 1.50 bits per heavy atom. The van der Waals surface area contributed by atoms with Crippen LogP contribution in [0.5, 0.6) is 0 Å². The third-order valence-corrected chi connectivity index (χ3v) is 2.20. The molecule has 0 atom stereocenters. The molecule has 0 aromatic rings. The van der Waals surface area contributed by atoms with Gasteiger partial charge in [-0.15, -0.1) is 0 Å². The van der Waals surface area contributed by atoms with Crippen LogP contribution in [0, 0.1) is 5.92 Å². The van der Waals surface area contributed by atoms with Gasteiger partial charge in [-0.25, -0.2) is 0 Å². The van der Waals surface area contributed by atoms with Crippen molar-refractivity contribution >= 4 is 5.91 Å². The number of carbonyl (C=O) groups excluding carboxylic acids is 1. The number of ether oxygens (including phenoxy) is 1. The number of rotatable bonds is 8. The molecule has 1 rings (SSSR count). The Morgan fingerprint density at radius 3 is 2.93 bits per heavy atom. The van der Waals surface area contributed by atoms with Crippen molar-refractivity contribution in [1.29, 1.82) is 0 Å². The van der Waals surface area contributed by atoms with Gasteiger partial charge in [-0.3, -0.25) is 4.79 Å². The van der Waals surface area contributed by atoms with Crippen LogP contribution in [0.15, 0.2) is 0 Å². The highest BCUT2D eigenvalue weighted by molar-refractivity contribution is 5.77. The number of amides is 1. The zero-order valence-corrected chi connectivity index (χ0v) is 8.84. The number of nitrogens with one attached hydrogen (secondary N) is 2. The quantitative estimate of drug-likeness (QED) is 0.548. The molecule has 4 heteroatoms. The normalized spacial score (nSPS) is 15.5. The molecule has 0 unspecified atom stereocenters. The van der Waals surface area contributed by atoms with Crippen LogP contribution >= 0.6 is 0 Å². The summed E-state index contributed by atoms with van der Waals surface area (Å²) in [5.74, 6) is 0.843. The molecule has 14 heavy (non-hydrogen) atoms. The van der Waals surface area contributed by atoms with Gasteiger partial charge in [0.25, 0.3) is 0 Å². The first-order valence-corrected chi connectivity index (χ1v) is 5.38. The van der Waals surface area contributed by atoms with Gasteiger partial charge < -0.3 is 15.4 Å². The monoisotopic (exact) mass is 200 g/mol. The van der Waals surface area contributed by atoms with Gasteiger partial charge in [-0.2, -0.15) is 0 Å². The number of hydrogen-bond donors (Lipinski definition) is 2. The lowest BCUT2D eigenvalue weighted by Crippen LogP contribution is -2.36. The molecule has 1 fully saturated rings. The van der Waals surface area contributed by atoms with Crippen LogP contribution in [0.1, 0.15) is 19.8 Å². The van der Waals surface area contributed by atoms with Crippen LogP contribution in [0.3, 0.4) is 0 Å². The Balaban J connectivity index is 1.81. The zero-order valence-electron chi connectivity index (χ0n) is 8.84. The SMILES string of the molecule is CCOCCNCC(=O)NCC1CC1. The Morgan fingerprint density at radius 2 is 2.29 bits per heavy atom. The predicted octanol–water partition coefficient (Wildman–Crippen LogP) is 0.139. The largest absolute Gasteiger partial charge is 0.380 e. The Kier molecular flexibility index (Phi) is 5.56. The summed E-state index contributed by atoms with van der Waals surface area (Å²) in [7, 11) is 0. The molecule has 1 aliphatic rings. The minimum absolute atomic E-state index is 0.0911. The molecule has 1 aliphatic carbocycles. The molecular weight excluding hydrogens is 180 g/mol. The summed E-state index contributed by atoms with van der Waals surface area (Å²) in [4.78, 5) is 11.2. The molecule has 0 spiro atoms. The van der Waals surface area contributed by atoms with E-state index in [1.165, 1.54) is 12.8 Å². The van der Waals surface area contributed by atoms with Gasteiger partial charge in [0.2, 0.25) is 5.91 Å². The average molecular weight is 200 g/mol. The highest BCUT2D eigenvalue weighted by Crippen LogP contribution is 2.27. The van der Waals surface area contributed by atoms with Gasteiger partial charge in [-0.1, -0.05) is 0 Å². The first kappa shape index (κ1) is 11.5. The smallest absolute Gasteiger partial charge is 0.233 e. The summed E-state index contributed by atoms with van der Waals surface area (Å²) in [6.45, 7) is 5.36. The van der Waals surface area contributed by atoms with Crippen molar-refractivity contribution in [1.82, 2.24) is 10.6 Å². The average Bonchev–Trinajstić information content (AvgIpc) is 2.98. The minimum atomic E-state index is 0.0911. The van der Waals surface area contributed by atoms with Crippen molar-refractivity contribution in [2.45, 2.75) is 19.8 Å². The van der Waals surface area contributed by atoms with E-state index in [1.54, 1.807) is 0 Å². The van der Waals surface area contributed by atoms with Crippen molar-refractivity contribution in [3.63, 3.8) is 0 Å². The van der Waals surface area contributed by atoms with Crippen LogP contribution in [0.25, 0.3) is 0 Å². The Labute approximate surface area is 85.4 Å². The fraction of sp³-hybridized carbons (Fsp3) is 0.900. The van der Waals surface area contributed by atoms with Crippen LogP contribution in [-0.2, 0) is 9.53 Å². The van der Waals surface area contributed by atoms with Crippen molar-refractivity contribution in [3.8, 4) is 0 Å². The maximum absolute atomic E-state index is 11.2. The third-order valence-electron chi connectivity index (χ3n) is 2.20. The van der Waals surface area contributed by atoms with E-state index in [0.717, 1.165) is 25.6 Å². The summed E-state index contributed by atoms with van der Waals surface area (Å²) >= 11 is 0. The van der Waals surface area contributed by atoms with Crippen molar-refractivity contribution < 1.29 is 9.53 Å². The van der Waals surface area contributed by atoms with Gasteiger partial charge in [0, 0.05) is 19.7 Å². The van der Waals surface area contributed by atoms with Gasteiger partial charge in [0.05, 0.1) is 13.2 Å². The minimum Gasteiger partial charge on any atom is -0.380 e. The second kappa shape index (κ2) is 6.79. The van der Waals surface area contributed by atoms with E-state index in [-0.39, 0.29) is 5.91 Å². The second-order valence-electron chi connectivity index (χ2n) is 3.62. The third kappa shape index (κ3) is 5.94. The molecule has 0 aromatic heterocycles. The molecule has 2 N–H and O–H groups in total. The topological polar surface area (TPSA) is 50.4 Å². The van der Waals surface area contributed by atoms with Crippen molar-refractivity contribution in [2.24, 2.45) is 5.92 Å². The fourth-order valence-corrected chi connectivity index (χ4v) is 1.13. The van der Waals surface area contributed by atoms with Crippen molar-refractivity contribution in [2.75, 3.05) is 32.8 Å². The van der Waals surface area contributed by atoms with Crippen LogP contribution in [-0.4, -0.2) is 38.8 Å². The predicted molar refractivity (Wildman–Crippen MR) is 55.1 cm³/mol. The van der Waals surface area contributed by atoms with Gasteiger partial charge in [0.15, 0.2) is 0 Å². The summed E-state index contributed by atoms with van der Waals surface area (Å²) in [5.41, 5.74) is 0. The van der Waals surface area contributed by atoms with E-state index < -0.39 is 0 Å². The zero-order chi connectivity index (χ0) is 10.2. The maximum Gasteiger partial charge on any atom is 0.233 e. The molecule has 1 saturated carbocycles. The van der Waals surface area contributed by atoms with Gasteiger partial charge in [0.1, 0.15) is 0 Å². The number of carbonyl (C=O) groups is 1. The van der Waals surface area contributed by atoms with E-state index in [2.05, 4.69) is 10.6 Å². The highest BCUT2D eigenvalue weighted by atomic mass is 16.5. The molecule has 0 heterocycles. The van der Waals surface area contributed by atoms with E-state index >= 15 is 0 Å². The lowest BCUT2D eigenvalue weighted by Gasteiger charge is -2.05. The van der Waals surface area contributed by atoms with Gasteiger partial charge >= 0.3 is 0 Å². The summed E-state index contributed by atoms with van der Waals surface area (Å²) in [6, 6.07) is 0. The molecule has 0 saturated heterocycles. The molecule has 82 valence electrons. The highest BCUT2D eigenvalue weighted by Gasteiger charge is 2.21. The van der Waals surface area contributed by atoms with Crippen LogP contribution < -0.4 is 10.6 Å². The second-order valence-corrected chi connectivity index (χ2v) is 3.62. The molecule has 0 radical (unpaired) electrons. The van der Waals surface area contributed by atoms with E-state index in [9.17, 15) is 4.79 Å². The first-order valence-electron chi connectivity index (χ1n) is 5.38. The van der Waals surface area contributed by atoms with Crippen LogP contribution in [0.2, 0.25) is 0 Å². The standard InChI is InChI=1S/C10H20N2O2/c1-2-14-6-5-11-8-10(13)12-7-9-3-4-9/h9,11H,2-8H2,1H3,(H,12,13). The summed E-state index contributed by atoms with van der Waals surface area (Å²) < 4.78 is 5.13. The summed E-state index contributed by atoms with van der Waals surface area (Å²) in [6.07, 6.45) is 2.55. The molecule has 4 nitrogen and oxygen atoms in total. The molecule has 1 amide bonds. The maximum atomic E-state index is 11.2. The molecule has 0 bridgehead atoms. The lowest BCUT2D eigenvalue weighted by molar-refractivity contribution is -0.120. The Hall–Kier alpha value is -0.610. The van der Waals surface area contributed by atoms with Gasteiger partial charge in [-0.05, 0) is 25.7 Å². The van der Waals surface area contributed by atoms with E-state index in [4.69, 9.17) is 4.74 Å². The first-order chi connectivity index (χ1) is 6.83. The summed E-state index contributed by atoms with van der Waals surface area (Å²) in [5, 5.41) is 5.92. The lowest BCUT2D eigenvalue weighted by atomic mass is 10.4. The van der Waals surface area contributed by atoms with E-state index in [1.807, 2.05) is 6.92 Å². The van der Waals surface area contributed by atoms with Crippen LogP contribution in [0.4, 0.5) is 0 Å². The molecule has 0 aromatic carbocycles. The molecule has 0 aliphatic heterocycles. The number of hydrogen-bond acceptors (Lipinski definition) is 3. The Bertz CT molecular complexity index is 170. The van der Waals surface area contributed by atoms with Crippen molar-refractivity contribution in [3.05, 3.63) is 0 Å². The van der Waals surface area contributed by atoms with E-state index in [0.29, 0.717) is 13.2 Å².